The van der Waals surface area contributed by atoms with Crippen molar-refractivity contribution in [2.45, 2.75) is 63.2 Å². The highest BCUT2D eigenvalue weighted by atomic mass is 32.2. The molecule has 1 atom stereocenters. The number of rotatable bonds is 3. The minimum absolute atomic E-state index is 0.141. The first-order valence-electron chi connectivity index (χ1n) is 8.58. The number of hydrogen-bond acceptors (Lipinski definition) is 5. The Kier molecular flexibility index (Phi) is 4.57. The molecule has 138 valence electrons. The van der Waals surface area contributed by atoms with Gasteiger partial charge in [-0.1, -0.05) is 11.6 Å². The normalized spacial score (nSPS) is 26.3. The molecule has 1 aromatic rings. The average molecular weight is 367 g/mol. The fourth-order valence-electron chi connectivity index (χ4n) is 3.08. The molecule has 25 heavy (non-hydrogen) atoms. The fourth-order valence-corrected chi connectivity index (χ4v) is 4.61. The predicted molar refractivity (Wildman–Crippen MR) is 96.3 cm³/mol. The Morgan fingerprint density at radius 3 is 2.32 bits per heavy atom. The molecule has 0 spiro atoms. The van der Waals surface area contributed by atoms with Gasteiger partial charge in [0.05, 0.1) is 22.2 Å². The van der Waals surface area contributed by atoms with E-state index in [4.69, 9.17) is 9.31 Å². The maximum Gasteiger partial charge on any atom is 0.495 e. The van der Waals surface area contributed by atoms with Crippen LogP contribution in [0.5, 0.6) is 0 Å². The summed E-state index contributed by atoms with van der Waals surface area (Å²) in [5, 5.41) is 9.65. The molecular formula is C17H26BNO5S. The molecule has 8 heteroatoms. The van der Waals surface area contributed by atoms with Crippen LogP contribution in [0, 0.1) is 6.92 Å². The van der Waals surface area contributed by atoms with Gasteiger partial charge in [-0.05, 0) is 58.6 Å². The van der Waals surface area contributed by atoms with Gasteiger partial charge in [0.15, 0.2) is 0 Å². The Hall–Kier alpha value is -0.925. The van der Waals surface area contributed by atoms with Crippen LogP contribution in [0.1, 0.15) is 39.7 Å². The summed E-state index contributed by atoms with van der Waals surface area (Å²) in [5.74, 6) is 0. The topological polar surface area (TPSA) is 76.1 Å². The van der Waals surface area contributed by atoms with Crippen LogP contribution in [-0.2, 0) is 19.3 Å². The second-order valence-electron chi connectivity index (χ2n) is 7.91. The summed E-state index contributed by atoms with van der Waals surface area (Å²) < 4.78 is 39.2. The Morgan fingerprint density at radius 2 is 1.80 bits per heavy atom. The zero-order valence-corrected chi connectivity index (χ0v) is 16.3. The van der Waals surface area contributed by atoms with Crippen LogP contribution in [0.4, 0.5) is 0 Å². The van der Waals surface area contributed by atoms with Crippen molar-refractivity contribution in [3.63, 3.8) is 0 Å². The molecule has 1 N–H and O–H groups in total. The number of sulfonamides is 1. The van der Waals surface area contributed by atoms with Gasteiger partial charge in [-0.15, -0.1) is 0 Å². The number of aliphatic hydroxyl groups excluding tert-OH is 1. The number of nitrogens with zero attached hydrogens (tertiary/aromatic N) is 1. The zero-order valence-electron chi connectivity index (χ0n) is 15.4. The van der Waals surface area contributed by atoms with Gasteiger partial charge in [0, 0.05) is 13.1 Å². The van der Waals surface area contributed by atoms with Crippen molar-refractivity contribution in [3.05, 3.63) is 23.8 Å². The van der Waals surface area contributed by atoms with Crippen LogP contribution in [0.2, 0.25) is 0 Å². The van der Waals surface area contributed by atoms with E-state index in [2.05, 4.69) is 0 Å². The molecule has 6 nitrogen and oxygen atoms in total. The van der Waals surface area contributed by atoms with Crippen LogP contribution in [-0.4, -0.2) is 55.3 Å². The maximum atomic E-state index is 12.8. The third kappa shape index (κ3) is 3.26. The van der Waals surface area contributed by atoms with E-state index in [1.54, 1.807) is 18.2 Å². The SMILES string of the molecule is Cc1ccc(S(=O)(=O)N2CCC(O)C2)cc1B1OC(C)(C)C(C)(C)O1. The standard InChI is InChI=1S/C17H26BNO5S/c1-12-6-7-14(25(21,22)19-9-8-13(20)11-19)10-15(12)18-23-16(2,3)17(4,5)24-18/h6-7,10,13,20H,8-9,11H2,1-5H3. The van der Waals surface area contributed by atoms with E-state index < -0.39 is 34.4 Å². The number of hydrogen-bond donors (Lipinski definition) is 1. The van der Waals surface area contributed by atoms with E-state index in [1.165, 1.54) is 4.31 Å². The van der Waals surface area contributed by atoms with E-state index in [9.17, 15) is 13.5 Å². The first-order chi connectivity index (χ1) is 11.4. The molecule has 2 aliphatic rings. The summed E-state index contributed by atoms with van der Waals surface area (Å²) in [6.45, 7) is 10.3. The molecular weight excluding hydrogens is 341 g/mol. The monoisotopic (exact) mass is 367 g/mol. The van der Waals surface area contributed by atoms with Gasteiger partial charge < -0.3 is 14.4 Å². The highest BCUT2D eigenvalue weighted by molar-refractivity contribution is 7.89. The quantitative estimate of drug-likeness (QED) is 0.809. The summed E-state index contributed by atoms with van der Waals surface area (Å²) in [6, 6.07) is 5.02. The van der Waals surface area contributed by atoms with Gasteiger partial charge in [0.1, 0.15) is 0 Å². The summed E-state index contributed by atoms with van der Waals surface area (Å²) >= 11 is 0. The van der Waals surface area contributed by atoms with Crippen LogP contribution in [0.3, 0.4) is 0 Å². The molecule has 1 unspecified atom stereocenters. The average Bonchev–Trinajstić information content (AvgIpc) is 3.01. The fraction of sp³-hybridized carbons (Fsp3) is 0.647. The van der Waals surface area contributed by atoms with Crippen LogP contribution in [0.15, 0.2) is 23.1 Å². The summed E-state index contributed by atoms with van der Waals surface area (Å²) in [6.07, 6.45) is -0.127. The van der Waals surface area contributed by atoms with E-state index in [-0.39, 0.29) is 11.4 Å². The van der Waals surface area contributed by atoms with Gasteiger partial charge in [0.25, 0.3) is 0 Å². The Balaban J connectivity index is 1.95. The van der Waals surface area contributed by atoms with E-state index in [0.717, 1.165) is 11.0 Å². The van der Waals surface area contributed by atoms with Crippen LogP contribution in [0.25, 0.3) is 0 Å². The highest BCUT2D eigenvalue weighted by Crippen LogP contribution is 2.37. The first-order valence-corrected chi connectivity index (χ1v) is 10.0. The minimum atomic E-state index is -3.64. The van der Waals surface area contributed by atoms with E-state index in [0.29, 0.717) is 13.0 Å². The van der Waals surface area contributed by atoms with Crippen molar-refractivity contribution in [1.82, 2.24) is 4.31 Å². The molecule has 2 saturated heterocycles. The molecule has 0 radical (unpaired) electrons. The molecule has 3 rings (SSSR count). The van der Waals surface area contributed by atoms with Gasteiger partial charge in [0.2, 0.25) is 10.0 Å². The summed E-state index contributed by atoms with van der Waals surface area (Å²) in [7, 11) is -4.24. The lowest BCUT2D eigenvalue weighted by molar-refractivity contribution is 0.00578. The maximum absolute atomic E-state index is 12.8. The van der Waals surface area contributed by atoms with Crippen molar-refractivity contribution in [1.29, 1.82) is 0 Å². The second kappa shape index (κ2) is 6.06. The molecule has 0 aromatic heterocycles. The Morgan fingerprint density at radius 1 is 1.20 bits per heavy atom. The number of benzene rings is 1. The summed E-state index contributed by atoms with van der Waals surface area (Å²) in [4.78, 5) is 0.205. The largest absolute Gasteiger partial charge is 0.495 e. The van der Waals surface area contributed by atoms with Gasteiger partial charge in [-0.2, -0.15) is 4.31 Å². The third-order valence-electron chi connectivity index (χ3n) is 5.52. The van der Waals surface area contributed by atoms with Crippen molar-refractivity contribution in [3.8, 4) is 0 Å². The lowest BCUT2D eigenvalue weighted by Crippen LogP contribution is -2.41. The van der Waals surface area contributed by atoms with Crippen molar-refractivity contribution < 1.29 is 22.8 Å². The Bertz CT molecular complexity index is 761. The number of aryl methyl sites for hydroxylation is 1. The second-order valence-corrected chi connectivity index (χ2v) is 9.85. The van der Waals surface area contributed by atoms with Crippen molar-refractivity contribution in [2.75, 3.05) is 13.1 Å². The van der Waals surface area contributed by atoms with E-state index >= 15 is 0 Å². The van der Waals surface area contributed by atoms with Crippen molar-refractivity contribution in [2.24, 2.45) is 0 Å². The molecule has 2 heterocycles. The lowest BCUT2D eigenvalue weighted by Gasteiger charge is -2.32. The molecule has 0 aliphatic carbocycles. The molecule has 0 saturated carbocycles. The van der Waals surface area contributed by atoms with E-state index in [1.807, 2.05) is 34.6 Å². The predicted octanol–water partition coefficient (Wildman–Crippen LogP) is 1.05. The van der Waals surface area contributed by atoms with Crippen LogP contribution < -0.4 is 5.46 Å². The minimum Gasteiger partial charge on any atom is -0.399 e. The van der Waals surface area contributed by atoms with Gasteiger partial charge in [-0.3, -0.25) is 0 Å². The molecule has 0 bridgehead atoms. The zero-order chi connectivity index (χ0) is 18.6. The van der Waals surface area contributed by atoms with Gasteiger partial charge >= 0.3 is 7.12 Å². The number of aliphatic hydroxyl groups is 1. The van der Waals surface area contributed by atoms with Crippen LogP contribution >= 0.6 is 0 Å². The molecule has 2 aliphatic heterocycles. The highest BCUT2D eigenvalue weighted by Gasteiger charge is 2.52. The third-order valence-corrected chi connectivity index (χ3v) is 7.38. The van der Waals surface area contributed by atoms with Gasteiger partial charge in [-0.25, -0.2) is 8.42 Å². The lowest BCUT2D eigenvalue weighted by atomic mass is 9.76. The Labute approximate surface area is 150 Å². The first kappa shape index (κ1) is 18.9. The smallest absolute Gasteiger partial charge is 0.399 e. The molecule has 2 fully saturated rings. The van der Waals surface area contributed by atoms with Crippen molar-refractivity contribution >= 4 is 22.6 Å². The summed E-state index contributed by atoms with van der Waals surface area (Å²) in [5.41, 5.74) is 0.661. The molecule has 1 aromatic carbocycles. The molecule has 0 amide bonds. The number of β-amino-alcohol motifs (C(OH)–C–C–N with tert-alkyl or cyclic N) is 1.